The number of nitrogens with two attached hydrogens (primary N) is 1. The second-order valence-electron chi connectivity index (χ2n) is 9.10. The van der Waals surface area contributed by atoms with Crippen LogP contribution < -0.4 is 27.0 Å². The van der Waals surface area contributed by atoms with Crippen LogP contribution in [0.2, 0.25) is 0 Å². The van der Waals surface area contributed by atoms with E-state index < -0.39 is 60.2 Å². The van der Waals surface area contributed by atoms with E-state index in [1.807, 2.05) is 0 Å². The Morgan fingerprint density at radius 3 is 2.36 bits per heavy atom. The second kappa shape index (κ2) is 18.4. The molecular formula is C27H39N7O8. The summed E-state index contributed by atoms with van der Waals surface area (Å²) in [6.07, 6.45) is 1.09. The molecule has 15 nitrogen and oxygen atoms in total. The molecular weight excluding hydrogens is 550 g/mol. The van der Waals surface area contributed by atoms with Gasteiger partial charge in [-0.05, 0) is 18.4 Å². The molecule has 230 valence electrons. The molecule has 1 rings (SSSR count). The lowest BCUT2D eigenvalue weighted by molar-refractivity contribution is -0.150. The Balaban J connectivity index is 3.14. The molecule has 0 aliphatic rings. The number of carboxylic acids is 1. The van der Waals surface area contributed by atoms with Crippen LogP contribution in [0.3, 0.4) is 0 Å². The molecule has 0 spiro atoms. The number of nitrogens with zero attached hydrogens (tertiary/aromatic N) is 2. The highest BCUT2D eigenvalue weighted by Gasteiger charge is 2.34. The van der Waals surface area contributed by atoms with E-state index in [4.69, 9.17) is 10.5 Å². The lowest BCUT2D eigenvalue weighted by Gasteiger charge is -2.31. The van der Waals surface area contributed by atoms with Crippen molar-refractivity contribution in [1.29, 1.82) is 0 Å². The standard InChI is InChI=1S/C27H39N7O8/c1-5-14-42-22(36)16-20(25(39)40)32-23(37)21(15-18-10-7-6-8-11-18)34(4)24(38)19(31-17(2)35)12-9-13-30-26(28)33-27(41)29-3/h5-8,10-11,19-21H,1,9,12-16H2,2-4H3,(H,31,35)(H,32,37)(H,39,40)(H4,28,29,30,33,41)/t19-,20-,21-/m0/s1. The van der Waals surface area contributed by atoms with E-state index in [1.165, 1.54) is 27.1 Å². The van der Waals surface area contributed by atoms with Crippen LogP contribution >= 0.6 is 0 Å². The Hall–Kier alpha value is -4.95. The number of likely N-dealkylation sites (N-methyl/N-ethyl adjacent to an activating group) is 1. The molecule has 0 radical (unpaired) electrons. The fourth-order valence-corrected chi connectivity index (χ4v) is 3.70. The number of hydrogen-bond acceptors (Lipinski definition) is 8. The number of benzene rings is 1. The molecule has 0 fully saturated rings. The first-order valence-electron chi connectivity index (χ1n) is 13.1. The Labute approximate surface area is 243 Å². The minimum Gasteiger partial charge on any atom is -0.480 e. The highest BCUT2D eigenvalue weighted by atomic mass is 16.5. The van der Waals surface area contributed by atoms with Crippen molar-refractivity contribution in [2.24, 2.45) is 10.7 Å². The fraction of sp³-hybridized carbons (Fsp3) is 0.444. The number of amides is 5. The molecule has 5 amide bonds. The summed E-state index contributed by atoms with van der Waals surface area (Å²) >= 11 is 0. The molecule has 1 aromatic carbocycles. The third kappa shape index (κ3) is 12.9. The number of carboxylic acid groups (broad SMARTS) is 1. The first-order valence-corrected chi connectivity index (χ1v) is 13.1. The first kappa shape index (κ1) is 35.1. The number of carbonyl (C=O) groups is 6. The average Bonchev–Trinajstić information content (AvgIpc) is 2.95. The Bertz CT molecular complexity index is 1140. The fourth-order valence-electron chi connectivity index (χ4n) is 3.70. The minimum absolute atomic E-state index is 0.0148. The number of hydrogen-bond donors (Lipinski definition) is 6. The molecule has 42 heavy (non-hydrogen) atoms. The zero-order valence-corrected chi connectivity index (χ0v) is 23.9. The quantitative estimate of drug-likeness (QED) is 0.0470. The van der Waals surface area contributed by atoms with Crippen molar-refractivity contribution in [1.82, 2.24) is 26.2 Å². The largest absolute Gasteiger partial charge is 0.480 e. The number of nitrogens with one attached hydrogen (secondary N) is 4. The molecule has 3 atom stereocenters. The van der Waals surface area contributed by atoms with Gasteiger partial charge in [0.2, 0.25) is 17.7 Å². The van der Waals surface area contributed by atoms with Crippen LogP contribution in [0.25, 0.3) is 0 Å². The van der Waals surface area contributed by atoms with Crippen LogP contribution in [0.15, 0.2) is 48.0 Å². The summed E-state index contributed by atoms with van der Waals surface area (Å²) in [5, 5.41) is 19.1. The number of aliphatic carboxylic acids is 1. The SMILES string of the molecule is C=CCOC(=O)C[C@H](NC(=O)[C@H](Cc1ccccc1)N(C)C(=O)[C@H](CCCN=C(N)NC(=O)NC)NC(C)=O)C(=O)O. The maximum absolute atomic E-state index is 13.5. The summed E-state index contributed by atoms with van der Waals surface area (Å²) in [5.74, 6) is -4.37. The molecule has 0 heterocycles. The molecule has 7 N–H and O–H groups in total. The van der Waals surface area contributed by atoms with Crippen LogP contribution in [0.1, 0.15) is 31.7 Å². The number of aliphatic imine (C=N–C) groups is 1. The van der Waals surface area contributed by atoms with E-state index in [0.717, 1.165) is 4.90 Å². The van der Waals surface area contributed by atoms with Gasteiger partial charge in [0.15, 0.2) is 5.96 Å². The molecule has 15 heteroatoms. The summed E-state index contributed by atoms with van der Waals surface area (Å²) in [7, 11) is 2.77. The van der Waals surface area contributed by atoms with Crippen molar-refractivity contribution in [2.75, 3.05) is 27.2 Å². The summed E-state index contributed by atoms with van der Waals surface area (Å²) in [5.41, 5.74) is 6.31. The number of ether oxygens (including phenoxy) is 1. The topological polar surface area (TPSA) is 222 Å². The molecule has 0 unspecified atom stereocenters. The zero-order chi connectivity index (χ0) is 31.7. The van der Waals surface area contributed by atoms with Gasteiger partial charge in [-0.3, -0.25) is 29.5 Å². The van der Waals surface area contributed by atoms with Crippen molar-refractivity contribution in [2.45, 2.75) is 50.7 Å². The molecule has 0 aliphatic carbocycles. The van der Waals surface area contributed by atoms with Gasteiger partial charge >= 0.3 is 18.0 Å². The van der Waals surface area contributed by atoms with Gasteiger partial charge in [-0.25, -0.2) is 9.59 Å². The van der Waals surface area contributed by atoms with Gasteiger partial charge in [0.05, 0.1) is 6.42 Å². The van der Waals surface area contributed by atoms with Gasteiger partial charge in [0.25, 0.3) is 0 Å². The van der Waals surface area contributed by atoms with Crippen LogP contribution in [0, 0.1) is 0 Å². The highest BCUT2D eigenvalue weighted by Crippen LogP contribution is 2.13. The van der Waals surface area contributed by atoms with Crippen LogP contribution in [0.4, 0.5) is 4.79 Å². The Morgan fingerprint density at radius 1 is 1.12 bits per heavy atom. The second-order valence-corrected chi connectivity index (χ2v) is 9.10. The van der Waals surface area contributed by atoms with Crippen molar-refractivity contribution in [3.8, 4) is 0 Å². The zero-order valence-electron chi connectivity index (χ0n) is 23.9. The molecule has 0 saturated heterocycles. The third-order valence-corrected chi connectivity index (χ3v) is 5.81. The predicted octanol–water partition coefficient (Wildman–Crippen LogP) is -0.727. The molecule has 0 saturated carbocycles. The molecule has 1 aromatic rings. The molecule has 0 aromatic heterocycles. The van der Waals surface area contributed by atoms with E-state index >= 15 is 0 Å². The number of rotatable bonds is 16. The monoisotopic (exact) mass is 589 g/mol. The number of urea groups is 1. The molecule has 0 aliphatic heterocycles. The average molecular weight is 590 g/mol. The van der Waals surface area contributed by atoms with E-state index in [0.29, 0.717) is 5.56 Å². The predicted molar refractivity (Wildman–Crippen MR) is 153 cm³/mol. The summed E-state index contributed by atoms with van der Waals surface area (Å²) in [6, 6.07) is 4.31. The summed E-state index contributed by atoms with van der Waals surface area (Å²) < 4.78 is 4.83. The normalized spacial score (nSPS) is 13.0. The number of carbonyl (C=O) groups excluding carboxylic acids is 5. The van der Waals surface area contributed by atoms with Gasteiger partial charge < -0.3 is 36.4 Å². The number of esters is 1. The van der Waals surface area contributed by atoms with Crippen LogP contribution in [-0.4, -0.2) is 97.0 Å². The van der Waals surface area contributed by atoms with Gasteiger partial charge in [0, 0.05) is 34.0 Å². The number of guanidine groups is 1. The molecule has 0 bridgehead atoms. The van der Waals surface area contributed by atoms with Crippen molar-refractivity contribution in [3.05, 3.63) is 48.6 Å². The van der Waals surface area contributed by atoms with Crippen molar-refractivity contribution < 1.29 is 38.6 Å². The lowest BCUT2D eigenvalue weighted by Crippen LogP contribution is -2.57. The highest BCUT2D eigenvalue weighted by molar-refractivity contribution is 5.95. The van der Waals surface area contributed by atoms with Crippen LogP contribution in [0.5, 0.6) is 0 Å². The van der Waals surface area contributed by atoms with Gasteiger partial charge in [0.1, 0.15) is 24.7 Å². The maximum atomic E-state index is 13.5. The van der Waals surface area contributed by atoms with Crippen LogP contribution in [-0.2, 0) is 35.1 Å². The summed E-state index contributed by atoms with van der Waals surface area (Å²) in [4.78, 5) is 79.1. The van der Waals surface area contributed by atoms with E-state index in [2.05, 4.69) is 32.8 Å². The smallest absolute Gasteiger partial charge is 0.326 e. The Morgan fingerprint density at radius 2 is 1.79 bits per heavy atom. The third-order valence-electron chi connectivity index (χ3n) is 5.81. The lowest BCUT2D eigenvalue weighted by atomic mass is 10.0. The van der Waals surface area contributed by atoms with Crippen molar-refractivity contribution >= 4 is 41.7 Å². The van der Waals surface area contributed by atoms with Gasteiger partial charge in [-0.2, -0.15) is 0 Å². The summed E-state index contributed by atoms with van der Waals surface area (Å²) in [6.45, 7) is 4.65. The van der Waals surface area contributed by atoms with E-state index in [1.54, 1.807) is 30.3 Å². The Kier molecular flexibility index (Phi) is 15.4. The first-order chi connectivity index (χ1) is 19.9. The van der Waals surface area contributed by atoms with Gasteiger partial charge in [-0.15, -0.1) is 0 Å². The van der Waals surface area contributed by atoms with E-state index in [9.17, 15) is 33.9 Å². The van der Waals surface area contributed by atoms with E-state index in [-0.39, 0.29) is 38.4 Å². The van der Waals surface area contributed by atoms with Crippen molar-refractivity contribution in [3.63, 3.8) is 0 Å². The maximum Gasteiger partial charge on any atom is 0.326 e. The van der Waals surface area contributed by atoms with Gasteiger partial charge in [-0.1, -0.05) is 43.0 Å². The minimum atomic E-state index is -1.62.